The van der Waals surface area contributed by atoms with Crippen LogP contribution in [-0.2, 0) is 19.2 Å². The largest absolute Gasteiger partial charge is 0.480 e. The summed E-state index contributed by atoms with van der Waals surface area (Å²) < 4.78 is 0. The lowest BCUT2D eigenvalue weighted by molar-refractivity contribution is -0.143. The molecule has 13 nitrogen and oxygen atoms in total. The predicted molar refractivity (Wildman–Crippen MR) is 114 cm³/mol. The smallest absolute Gasteiger partial charge is 0.326 e. The summed E-state index contributed by atoms with van der Waals surface area (Å²) in [6.07, 6.45) is -0.748. The van der Waals surface area contributed by atoms with E-state index in [0.717, 1.165) is 0 Å². The Kier molecular flexibility index (Phi) is 12.8. The Morgan fingerprint density at radius 1 is 0.968 bits per heavy atom. The minimum absolute atomic E-state index is 0.0286. The van der Waals surface area contributed by atoms with Crippen molar-refractivity contribution in [1.29, 1.82) is 0 Å². The number of rotatable bonds is 14. The lowest BCUT2D eigenvalue weighted by Gasteiger charge is -2.26. The van der Waals surface area contributed by atoms with E-state index in [0.29, 0.717) is 0 Å². The van der Waals surface area contributed by atoms with E-state index in [-0.39, 0.29) is 44.2 Å². The molecule has 11 N–H and O–H groups in total. The number of aliphatic hydroxyl groups is 1. The lowest BCUT2D eigenvalue weighted by Crippen LogP contribution is -2.59. The van der Waals surface area contributed by atoms with E-state index in [1.807, 2.05) is 13.8 Å². The Hall–Kier alpha value is -2.93. The minimum Gasteiger partial charge on any atom is -0.480 e. The Labute approximate surface area is 181 Å². The zero-order valence-corrected chi connectivity index (χ0v) is 18.1. The molecule has 0 aliphatic rings. The van der Waals surface area contributed by atoms with Crippen LogP contribution in [0.2, 0.25) is 0 Å². The maximum Gasteiger partial charge on any atom is 0.326 e. The average Bonchev–Trinajstić information content (AvgIpc) is 2.66. The first-order valence-corrected chi connectivity index (χ1v) is 9.95. The highest BCUT2D eigenvalue weighted by Crippen LogP contribution is 2.07. The fraction of sp³-hybridized carbons (Fsp3) is 0.722. The molecule has 0 fully saturated rings. The first kappa shape index (κ1) is 28.1. The van der Waals surface area contributed by atoms with E-state index in [4.69, 9.17) is 17.2 Å². The van der Waals surface area contributed by atoms with Crippen LogP contribution in [0.1, 0.15) is 40.0 Å². The van der Waals surface area contributed by atoms with Crippen LogP contribution < -0.4 is 33.2 Å². The topological polar surface area (TPSA) is 235 Å². The molecule has 0 spiro atoms. The van der Waals surface area contributed by atoms with Crippen molar-refractivity contribution in [2.45, 2.75) is 64.3 Å². The number of hydrogen-bond donors (Lipinski definition) is 8. The third-order valence-electron chi connectivity index (χ3n) is 4.17. The molecule has 3 amide bonds. The van der Waals surface area contributed by atoms with Crippen LogP contribution >= 0.6 is 0 Å². The average molecular weight is 446 g/mol. The molecular weight excluding hydrogens is 410 g/mol. The van der Waals surface area contributed by atoms with E-state index in [2.05, 4.69) is 20.9 Å². The van der Waals surface area contributed by atoms with Gasteiger partial charge in [0.15, 0.2) is 5.96 Å². The van der Waals surface area contributed by atoms with Gasteiger partial charge < -0.3 is 43.4 Å². The van der Waals surface area contributed by atoms with Crippen molar-refractivity contribution < 1.29 is 29.4 Å². The maximum absolute atomic E-state index is 12.6. The van der Waals surface area contributed by atoms with Crippen molar-refractivity contribution in [2.24, 2.45) is 28.1 Å². The van der Waals surface area contributed by atoms with Gasteiger partial charge in [-0.1, -0.05) is 13.8 Å². The molecule has 0 aromatic rings. The van der Waals surface area contributed by atoms with Gasteiger partial charge >= 0.3 is 5.97 Å². The summed E-state index contributed by atoms with van der Waals surface area (Å²) in [5.41, 5.74) is 15.7. The molecule has 0 rings (SSSR count). The number of carbonyl (C=O) groups is 4. The summed E-state index contributed by atoms with van der Waals surface area (Å²) in [7, 11) is 0. The number of aliphatic imine (C=N–C) groups is 1. The van der Waals surface area contributed by atoms with Crippen molar-refractivity contribution in [3.63, 3.8) is 0 Å². The number of nitrogens with zero attached hydrogens (tertiary/aromatic N) is 1. The molecule has 0 bridgehead atoms. The number of nitrogens with one attached hydrogen (secondary N) is 3. The molecule has 0 aromatic carbocycles. The first-order valence-electron chi connectivity index (χ1n) is 9.95. The highest BCUT2D eigenvalue weighted by molar-refractivity contribution is 5.93. The van der Waals surface area contributed by atoms with Gasteiger partial charge in [-0.15, -0.1) is 0 Å². The number of carbonyl (C=O) groups excluding carboxylic acids is 3. The fourth-order valence-corrected chi connectivity index (χ4v) is 2.64. The standard InChI is InChI=1S/C18H35N7O6/c1-9(2)7-12(23-13(27)8-19)15(28)25-14(10(3)26)16(29)24-11(17(30)31)5-4-6-22-18(20)21/h9-12,14,26H,4-8,19H2,1-3H3,(H,23,27)(H,24,29)(H,25,28)(H,30,31)(H4,20,21,22). The van der Waals surface area contributed by atoms with Gasteiger partial charge in [-0.3, -0.25) is 19.4 Å². The lowest BCUT2D eigenvalue weighted by atomic mass is 10.0. The maximum atomic E-state index is 12.6. The number of hydrogen-bond acceptors (Lipinski definition) is 7. The summed E-state index contributed by atoms with van der Waals surface area (Å²) in [4.78, 5) is 52.0. The fourth-order valence-electron chi connectivity index (χ4n) is 2.64. The molecule has 0 aliphatic carbocycles. The Bertz CT molecular complexity index is 649. The number of aliphatic carboxylic acids is 1. The third kappa shape index (κ3) is 11.7. The summed E-state index contributed by atoms with van der Waals surface area (Å²) in [6, 6.07) is -3.68. The zero-order valence-electron chi connectivity index (χ0n) is 18.1. The predicted octanol–water partition coefficient (Wildman–Crippen LogP) is -3.04. The highest BCUT2D eigenvalue weighted by atomic mass is 16.4. The van der Waals surface area contributed by atoms with Crippen molar-refractivity contribution in [2.75, 3.05) is 13.1 Å². The van der Waals surface area contributed by atoms with Crippen molar-refractivity contribution in [3.05, 3.63) is 0 Å². The molecule has 0 aliphatic heterocycles. The van der Waals surface area contributed by atoms with Gasteiger partial charge in [0.25, 0.3) is 0 Å². The number of nitrogens with two attached hydrogens (primary N) is 3. The van der Waals surface area contributed by atoms with Gasteiger partial charge in [-0.25, -0.2) is 4.79 Å². The number of aliphatic hydroxyl groups excluding tert-OH is 1. The van der Waals surface area contributed by atoms with E-state index >= 15 is 0 Å². The molecule has 4 unspecified atom stereocenters. The van der Waals surface area contributed by atoms with Gasteiger partial charge in [0, 0.05) is 6.54 Å². The van der Waals surface area contributed by atoms with Crippen molar-refractivity contribution in [3.8, 4) is 0 Å². The van der Waals surface area contributed by atoms with Crippen LogP contribution in [0.3, 0.4) is 0 Å². The third-order valence-corrected chi connectivity index (χ3v) is 4.17. The summed E-state index contributed by atoms with van der Waals surface area (Å²) in [6.45, 7) is 4.81. The summed E-state index contributed by atoms with van der Waals surface area (Å²) >= 11 is 0. The second-order valence-electron chi connectivity index (χ2n) is 7.53. The Morgan fingerprint density at radius 3 is 2.03 bits per heavy atom. The van der Waals surface area contributed by atoms with Crippen LogP contribution in [0.25, 0.3) is 0 Å². The SMILES string of the molecule is CC(C)CC(NC(=O)CN)C(=O)NC(C(=O)NC(CCCN=C(N)N)C(=O)O)C(C)O. The van der Waals surface area contributed by atoms with Crippen molar-refractivity contribution in [1.82, 2.24) is 16.0 Å². The summed E-state index contributed by atoms with van der Waals surface area (Å²) in [5.74, 6) is -3.52. The summed E-state index contributed by atoms with van der Waals surface area (Å²) in [5, 5.41) is 26.4. The number of carboxylic acids is 1. The van der Waals surface area contributed by atoms with Crippen LogP contribution in [0.15, 0.2) is 4.99 Å². The number of carboxylic acid groups (broad SMARTS) is 1. The molecule has 31 heavy (non-hydrogen) atoms. The van der Waals surface area contributed by atoms with Gasteiger partial charge in [0.05, 0.1) is 12.6 Å². The second kappa shape index (κ2) is 14.1. The molecule has 0 saturated carbocycles. The first-order chi connectivity index (χ1) is 14.4. The molecule has 0 heterocycles. The van der Waals surface area contributed by atoms with Gasteiger partial charge in [-0.05, 0) is 32.1 Å². The Morgan fingerprint density at radius 2 is 1.58 bits per heavy atom. The normalized spacial score (nSPS) is 14.6. The van der Waals surface area contributed by atoms with E-state index in [9.17, 15) is 29.4 Å². The molecule has 178 valence electrons. The Balaban J connectivity index is 5.21. The number of amides is 3. The van der Waals surface area contributed by atoms with Crippen LogP contribution in [0, 0.1) is 5.92 Å². The van der Waals surface area contributed by atoms with Crippen LogP contribution in [-0.4, -0.2) is 77.2 Å². The molecular formula is C18H35N7O6. The quantitative estimate of drug-likeness (QED) is 0.0769. The van der Waals surface area contributed by atoms with Gasteiger partial charge in [-0.2, -0.15) is 0 Å². The zero-order chi connectivity index (χ0) is 24.1. The van der Waals surface area contributed by atoms with Crippen LogP contribution in [0.4, 0.5) is 0 Å². The molecule has 13 heteroatoms. The van der Waals surface area contributed by atoms with Crippen molar-refractivity contribution >= 4 is 29.7 Å². The molecule has 4 atom stereocenters. The number of guanidine groups is 1. The second-order valence-corrected chi connectivity index (χ2v) is 7.53. The van der Waals surface area contributed by atoms with E-state index in [1.54, 1.807) is 0 Å². The minimum atomic E-state index is -1.43. The monoisotopic (exact) mass is 445 g/mol. The van der Waals surface area contributed by atoms with Gasteiger partial charge in [0.1, 0.15) is 18.1 Å². The van der Waals surface area contributed by atoms with Gasteiger partial charge in [0.2, 0.25) is 17.7 Å². The molecule has 0 saturated heterocycles. The molecule has 0 aromatic heterocycles. The van der Waals surface area contributed by atoms with E-state index in [1.165, 1.54) is 6.92 Å². The van der Waals surface area contributed by atoms with Crippen LogP contribution in [0.5, 0.6) is 0 Å². The molecule has 0 radical (unpaired) electrons. The highest BCUT2D eigenvalue weighted by Gasteiger charge is 2.32. The van der Waals surface area contributed by atoms with E-state index < -0.39 is 47.9 Å².